The Morgan fingerprint density at radius 2 is 2.05 bits per heavy atom. The molecule has 1 aliphatic rings. The van der Waals surface area contributed by atoms with Crippen LogP contribution in [0.15, 0.2) is 40.0 Å². The molecule has 1 aromatic carbocycles. The Morgan fingerprint density at radius 3 is 2.75 bits per heavy atom. The molecule has 2 aromatic rings. The Balaban J connectivity index is 1.66. The van der Waals surface area contributed by atoms with E-state index in [0.717, 1.165) is 17.7 Å². The van der Waals surface area contributed by atoms with Crippen molar-refractivity contribution in [1.82, 2.24) is 10.1 Å². The van der Waals surface area contributed by atoms with Crippen LogP contribution < -0.4 is 0 Å². The quantitative estimate of drug-likeness (QED) is 0.857. The summed E-state index contributed by atoms with van der Waals surface area (Å²) in [5.41, 5.74) is 2.20. The van der Waals surface area contributed by atoms with Gasteiger partial charge in [0.1, 0.15) is 0 Å². The first-order valence-electron chi connectivity index (χ1n) is 6.81. The van der Waals surface area contributed by atoms with Gasteiger partial charge in [-0.15, -0.1) is 0 Å². The molecule has 0 amide bonds. The lowest BCUT2D eigenvalue weighted by molar-refractivity contribution is 0.0599. The van der Waals surface area contributed by atoms with Crippen molar-refractivity contribution in [2.75, 3.05) is 0 Å². The zero-order chi connectivity index (χ0) is 13.9. The maximum atomic E-state index is 5.37. The largest absolute Gasteiger partial charge is 0.382 e. The van der Waals surface area contributed by atoms with Crippen molar-refractivity contribution in [3.63, 3.8) is 0 Å². The Morgan fingerprint density at radius 1 is 1.25 bits per heavy atom. The average Bonchev–Trinajstić information content (AvgIpc) is 3.08. The number of benzene rings is 1. The summed E-state index contributed by atoms with van der Waals surface area (Å²) in [5, 5.41) is 8.08. The van der Waals surface area contributed by atoms with E-state index in [-0.39, 0.29) is 6.10 Å². The number of hydrogen-bond donors (Lipinski definition) is 0. The van der Waals surface area contributed by atoms with Crippen LogP contribution in [0, 0.1) is 5.92 Å². The molecule has 0 bridgehead atoms. The SMILES string of the molecule is CC(C)C1=NO[C@@H](c2nc(Cc3ccccc3)no2)C1. The number of hydrogen-bond acceptors (Lipinski definition) is 5. The Bertz CT molecular complexity index is 605. The van der Waals surface area contributed by atoms with E-state index in [0.29, 0.717) is 24.1 Å². The highest BCUT2D eigenvalue weighted by molar-refractivity contribution is 5.87. The second-order valence-electron chi connectivity index (χ2n) is 5.25. The van der Waals surface area contributed by atoms with Crippen LogP contribution in [-0.2, 0) is 11.3 Å². The fourth-order valence-corrected chi connectivity index (χ4v) is 2.12. The summed E-state index contributed by atoms with van der Waals surface area (Å²) in [6.07, 6.45) is 1.16. The number of aromatic nitrogens is 2. The van der Waals surface area contributed by atoms with Gasteiger partial charge in [-0.1, -0.05) is 54.5 Å². The van der Waals surface area contributed by atoms with Gasteiger partial charge in [0.2, 0.25) is 6.10 Å². The molecule has 0 saturated carbocycles. The average molecular weight is 271 g/mol. The van der Waals surface area contributed by atoms with Crippen molar-refractivity contribution in [1.29, 1.82) is 0 Å². The van der Waals surface area contributed by atoms with Crippen molar-refractivity contribution in [3.8, 4) is 0 Å². The first-order chi connectivity index (χ1) is 9.72. The summed E-state index contributed by atoms with van der Waals surface area (Å²) >= 11 is 0. The van der Waals surface area contributed by atoms with Gasteiger partial charge in [0, 0.05) is 12.8 Å². The third-order valence-electron chi connectivity index (χ3n) is 3.32. The molecule has 20 heavy (non-hydrogen) atoms. The molecular weight excluding hydrogens is 254 g/mol. The molecule has 1 aliphatic heterocycles. The Hall–Kier alpha value is -2.17. The highest BCUT2D eigenvalue weighted by atomic mass is 16.7. The summed E-state index contributed by atoms with van der Waals surface area (Å²) in [6, 6.07) is 10.1. The van der Waals surface area contributed by atoms with Gasteiger partial charge in [-0.3, -0.25) is 0 Å². The summed E-state index contributed by atoms with van der Waals surface area (Å²) in [7, 11) is 0. The van der Waals surface area contributed by atoms with Crippen molar-refractivity contribution in [2.45, 2.75) is 32.8 Å². The van der Waals surface area contributed by atoms with Crippen LogP contribution in [0.25, 0.3) is 0 Å². The van der Waals surface area contributed by atoms with Crippen LogP contribution in [0.1, 0.15) is 43.7 Å². The molecule has 0 aliphatic carbocycles. The van der Waals surface area contributed by atoms with E-state index < -0.39 is 0 Å². The maximum absolute atomic E-state index is 5.37. The molecule has 5 nitrogen and oxygen atoms in total. The first kappa shape index (κ1) is 12.8. The Kier molecular flexibility index (Phi) is 3.50. The van der Waals surface area contributed by atoms with Crippen molar-refractivity contribution in [2.24, 2.45) is 11.1 Å². The van der Waals surface area contributed by atoms with Crippen molar-refractivity contribution < 1.29 is 9.36 Å². The van der Waals surface area contributed by atoms with E-state index in [2.05, 4.69) is 29.1 Å². The predicted octanol–water partition coefficient (Wildman–Crippen LogP) is 3.13. The van der Waals surface area contributed by atoms with Gasteiger partial charge in [0.05, 0.1) is 5.71 Å². The summed E-state index contributed by atoms with van der Waals surface area (Å²) in [4.78, 5) is 9.77. The van der Waals surface area contributed by atoms with E-state index in [4.69, 9.17) is 9.36 Å². The third-order valence-corrected chi connectivity index (χ3v) is 3.32. The first-order valence-corrected chi connectivity index (χ1v) is 6.81. The smallest absolute Gasteiger partial charge is 0.270 e. The molecule has 1 aromatic heterocycles. The van der Waals surface area contributed by atoms with Gasteiger partial charge >= 0.3 is 0 Å². The van der Waals surface area contributed by atoms with Crippen LogP contribution in [0.2, 0.25) is 0 Å². The lowest BCUT2D eigenvalue weighted by atomic mass is 10.0. The summed E-state index contributed by atoms with van der Waals surface area (Å²) < 4.78 is 5.29. The maximum Gasteiger partial charge on any atom is 0.270 e. The molecule has 0 radical (unpaired) electrons. The van der Waals surface area contributed by atoms with E-state index in [1.165, 1.54) is 0 Å². The number of nitrogens with zero attached hydrogens (tertiary/aromatic N) is 3. The number of oxime groups is 1. The van der Waals surface area contributed by atoms with Crippen LogP contribution in [0.3, 0.4) is 0 Å². The fourth-order valence-electron chi connectivity index (χ4n) is 2.12. The van der Waals surface area contributed by atoms with Crippen LogP contribution in [-0.4, -0.2) is 15.9 Å². The van der Waals surface area contributed by atoms with E-state index in [1.54, 1.807) is 0 Å². The van der Waals surface area contributed by atoms with Gasteiger partial charge in [-0.2, -0.15) is 4.98 Å². The molecule has 2 heterocycles. The van der Waals surface area contributed by atoms with Gasteiger partial charge in [0.25, 0.3) is 5.89 Å². The lowest BCUT2D eigenvalue weighted by Crippen LogP contribution is -2.06. The summed E-state index contributed by atoms with van der Waals surface area (Å²) in [6.45, 7) is 4.19. The predicted molar refractivity (Wildman–Crippen MR) is 74.3 cm³/mol. The van der Waals surface area contributed by atoms with Crippen molar-refractivity contribution >= 4 is 5.71 Å². The minimum absolute atomic E-state index is 0.232. The molecule has 3 rings (SSSR count). The normalized spacial score (nSPS) is 18.1. The highest BCUT2D eigenvalue weighted by Gasteiger charge is 2.29. The summed E-state index contributed by atoms with van der Waals surface area (Å²) in [5.74, 6) is 1.56. The molecule has 104 valence electrons. The lowest BCUT2D eigenvalue weighted by Gasteiger charge is -2.02. The van der Waals surface area contributed by atoms with Gasteiger partial charge in [-0.05, 0) is 11.5 Å². The molecule has 0 N–H and O–H groups in total. The standard InChI is InChI=1S/C15H17N3O2/c1-10(2)12-9-13(19-17-12)15-16-14(18-20-15)8-11-6-4-3-5-7-11/h3-7,10,13H,8-9H2,1-2H3/t13-/m1/s1. The fraction of sp³-hybridized carbons (Fsp3) is 0.400. The minimum Gasteiger partial charge on any atom is -0.382 e. The van der Waals surface area contributed by atoms with Crippen molar-refractivity contribution in [3.05, 3.63) is 47.6 Å². The third kappa shape index (κ3) is 2.71. The number of rotatable bonds is 4. The zero-order valence-electron chi connectivity index (χ0n) is 11.6. The van der Waals surface area contributed by atoms with E-state index >= 15 is 0 Å². The van der Waals surface area contributed by atoms with E-state index in [9.17, 15) is 0 Å². The highest BCUT2D eigenvalue weighted by Crippen LogP contribution is 2.28. The van der Waals surface area contributed by atoms with Gasteiger partial charge in [0.15, 0.2) is 5.82 Å². The monoisotopic (exact) mass is 271 g/mol. The Labute approximate surface area is 117 Å². The molecule has 0 unspecified atom stereocenters. The molecule has 1 atom stereocenters. The molecule has 0 spiro atoms. The molecule has 5 heteroatoms. The second-order valence-corrected chi connectivity index (χ2v) is 5.25. The molecule has 0 fully saturated rings. The van der Waals surface area contributed by atoms with Gasteiger partial charge < -0.3 is 9.36 Å². The topological polar surface area (TPSA) is 60.5 Å². The zero-order valence-corrected chi connectivity index (χ0v) is 11.6. The second kappa shape index (κ2) is 5.45. The minimum atomic E-state index is -0.232. The van der Waals surface area contributed by atoms with Gasteiger partial charge in [-0.25, -0.2) is 0 Å². The van der Waals surface area contributed by atoms with Crippen LogP contribution >= 0.6 is 0 Å². The molecular formula is C15H17N3O2. The van der Waals surface area contributed by atoms with Crippen LogP contribution in [0.4, 0.5) is 0 Å². The van der Waals surface area contributed by atoms with Crippen LogP contribution in [0.5, 0.6) is 0 Å². The molecule has 0 saturated heterocycles. The van der Waals surface area contributed by atoms with E-state index in [1.807, 2.05) is 30.3 Å².